The molecule has 166 valence electrons. The maximum absolute atomic E-state index is 12.5. The zero-order valence-corrected chi connectivity index (χ0v) is 20.3. The highest BCUT2D eigenvalue weighted by molar-refractivity contribution is 9.10. The van der Waals surface area contributed by atoms with Gasteiger partial charge in [-0.25, -0.2) is 0 Å². The Morgan fingerprint density at radius 1 is 1.00 bits per heavy atom. The first-order chi connectivity index (χ1) is 15.4. The van der Waals surface area contributed by atoms with E-state index in [0.717, 1.165) is 21.5 Å². The van der Waals surface area contributed by atoms with Crippen LogP contribution in [0.3, 0.4) is 0 Å². The molecule has 0 aliphatic heterocycles. The number of carbonyl (C=O) groups is 1. The Morgan fingerprint density at radius 2 is 1.72 bits per heavy atom. The lowest BCUT2D eigenvalue weighted by atomic mass is 10.2. The van der Waals surface area contributed by atoms with Gasteiger partial charge in [-0.15, -0.1) is 0 Å². The zero-order chi connectivity index (χ0) is 22.9. The van der Waals surface area contributed by atoms with Crippen molar-refractivity contribution in [3.05, 3.63) is 88.4 Å². The summed E-state index contributed by atoms with van der Waals surface area (Å²) in [5.41, 5.74) is 2.33. The SMILES string of the molecule is CC(C)COc1ccc(C(=O)NC(=S)Nc2ccc(OCc3ccccc3)cc2)cc1Br. The standard InChI is InChI=1S/C25H25BrN2O3S/c1-17(2)15-31-23-13-8-19(14-22(23)26)24(29)28-25(32)27-20-9-11-21(12-10-20)30-16-18-6-4-3-5-7-18/h3-14,17H,15-16H2,1-2H3,(H2,27,28,29,32). The molecule has 7 heteroatoms. The van der Waals surface area contributed by atoms with Gasteiger partial charge < -0.3 is 14.8 Å². The molecule has 0 fully saturated rings. The van der Waals surface area contributed by atoms with Crippen LogP contribution in [0.25, 0.3) is 0 Å². The zero-order valence-electron chi connectivity index (χ0n) is 17.9. The van der Waals surface area contributed by atoms with Crippen LogP contribution in [-0.4, -0.2) is 17.6 Å². The van der Waals surface area contributed by atoms with Gasteiger partial charge in [-0.2, -0.15) is 0 Å². The second kappa shape index (κ2) is 11.6. The van der Waals surface area contributed by atoms with Crippen molar-refractivity contribution in [3.8, 4) is 11.5 Å². The molecule has 0 aliphatic carbocycles. The first kappa shape index (κ1) is 23.8. The number of hydrogen-bond donors (Lipinski definition) is 2. The van der Waals surface area contributed by atoms with Gasteiger partial charge in [0.05, 0.1) is 11.1 Å². The summed E-state index contributed by atoms with van der Waals surface area (Å²) in [6.45, 7) is 5.26. The number of anilines is 1. The van der Waals surface area contributed by atoms with Gasteiger partial charge in [0.25, 0.3) is 5.91 Å². The first-order valence-corrected chi connectivity index (χ1v) is 11.4. The fourth-order valence-corrected chi connectivity index (χ4v) is 3.43. The highest BCUT2D eigenvalue weighted by Gasteiger charge is 2.11. The van der Waals surface area contributed by atoms with Gasteiger partial charge in [0.2, 0.25) is 0 Å². The predicted molar refractivity (Wildman–Crippen MR) is 135 cm³/mol. The van der Waals surface area contributed by atoms with E-state index in [1.54, 1.807) is 18.2 Å². The number of nitrogens with one attached hydrogen (secondary N) is 2. The summed E-state index contributed by atoms with van der Waals surface area (Å²) in [6.07, 6.45) is 0. The van der Waals surface area contributed by atoms with Crippen LogP contribution in [0.1, 0.15) is 29.8 Å². The molecule has 0 aliphatic rings. The Labute approximate surface area is 202 Å². The van der Waals surface area contributed by atoms with Crippen molar-refractivity contribution < 1.29 is 14.3 Å². The number of benzene rings is 3. The van der Waals surface area contributed by atoms with Crippen LogP contribution in [0.2, 0.25) is 0 Å². The number of amides is 1. The van der Waals surface area contributed by atoms with Crippen molar-refractivity contribution in [1.82, 2.24) is 5.32 Å². The average Bonchev–Trinajstić information content (AvgIpc) is 2.78. The molecule has 0 radical (unpaired) electrons. The summed E-state index contributed by atoms with van der Waals surface area (Å²) in [5, 5.41) is 5.91. The van der Waals surface area contributed by atoms with Crippen LogP contribution < -0.4 is 20.1 Å². The Hall–Kier alpha value is -2.90. The van der Waals surface area contributed by atoms with E-state index in [2.05, 4.69) is 40.4 Å². The van der Waals surface area contributed by atoms with E-state index in [4.69, 9.17) is 21.7 Å². The average molecular weight is 513 g/mol. The van der Waals surface area contributed by atoms with Crippen LogP contribution in [-0.2, 0) is 6.61 Å². The van der Waals surface area contributed by atoms with Crippen molar-refractivity contribution in [1.29, 1.82) is 0 Å². The lowest BCUT2D eigenvalue weighted by molar-refractivity contribution is 0.0977. The van der Waals surface area contributed by atoms with Crippen LogP contribution in [0.15, 0.2) is 77.3 Å². The van der Waals surface area contributed by atoms with Gasteiger partial charge in [-0.3, -0.25) is 10.1 Å². The maximum atomic E-state index is 12.5. The van der Waals surface area contributed by atoms with Crippen molar-refractivity contribution in [2.75, 3.05) is 11.9 Å². The van der Waals surface area contributed by atoms with E-state index < -0.39 is 0 Å². The monoisotopic (exact) mass is 512 g/mol. The lowest BCUT2D eigenvalue weighted by Gasteiger charge is -2.13. The third-order valence-corrected chi connectivity index (χ3v) is 5.18. The van der Waals surface area contributed by atoms with Gasteiger partial charge >= 0.3 is 0 Å². The van der Waals surface area contributed by atoms with Crippen LogP contribution in [0.4, 0.5) is 5.69 Å². The molecule has 5 nitrogen and oxygen atoms in total. The number of halogens is 1. The van der Waals surface area contributed by atoms with Crippen molar-refractivity contribution >= 4 is 44.9 Å². The molecule has 0 aromatic heterocycles. The van der Waals surface area contributed by atoms with E-state index >= 15 is 0 Å². The summed E-state index contributed by atoms with van der Waals surface area (Å²) in [6, 6.07) is 22.5. The largest absolute Gasteiger partial charge is 0.492 e. The minimum absolute atomic E-state index is 0.212. The molecule has 0 heterocycles. The summed E-state index contributed by atoms with van der Waals surface area (Å²) < 4.78 is 12.2. The van der Waals surface area contributed by atoms with Gasteiger partial charge in [0.15, 0.2) is 5.11 Å². The third kappa shape index (κ3) is 7.35. The fraction of sp³-hybridized carbons (Fsp3) is 0.200. The van der Waals surface area contributed by atoms with Crippen LogP contribution in [0, 0.1) is 5.92 Å². The molecule has 3 aromatic rings. The van der Waals surface area contributed by atoms with Crippen LogP contribution in [0.5, 0.6) is 11.5 Å². The van der Waals surface area contributed by atoms with Gasteiger partial charge in [-0.05, 0) is 82.1 Å². The van der Waals surface area contributed by atoms with E-state index in [0.29, 0.717) is 30.4 Å². The van der Waals surface area contributed by atoms with Gasteiger partial charge in [0, 0.05) is 11.3 Å². The molecule has 0 atom stereocenters. The molecular formula is C25H25BrN2O3S. The number of rotatable bonds is 8. The van der Waals surface area contributed by atoms with Crippen molar-refractivity contribution in [2.45, 2.75) is 20.5 Å². The minimum atomic E-state index is -0.304. The highest BCUT2D eigenvalue weighted by Crippen LogP contribution is 2.26. The van der Waals surface area contributed by atoms with E-state index in [1.807, 2.05) is 54.6 Å². The second-order valence-corrected chi connectivity index (χ2v) is 8.82. The molecule has 32 heavy (non-hydrogen) atoms. The molecule has 2 N–H and O–H groups in total. The van der Waals surface area contributed by atoms with Gasteiger partial charge in [0.1, 0.15) is 18.1 Å². The summed E-state index contributed by atoms with van der Waals surface area (Å²) in [4.78, 5) is 12.5. The molecule has 0 spiro atoms. The van der Waals surface area contributed by atoms with E-state index in [9.17, 15) is 4.79 Å². The smallest absolute Gasteiger partial charge is 0.257 e. The quantitative estimate of drug-likeness (QED) is 0.352. The Balaban J connectivity index is 1.50. The Morgan fingerprint density at radius 3 is 2.38 bits per heavy atom. The molecule has 3 rings (SSSR count). The first-order valence-electron chi connectivity index (χ1n) is 10.2. The Bertz CT molecular complexity index is 1060. The van der Waals surface area contributed by atoms with Crippen LogP contribution >= 0.6 is 28.1 Å². The molecule has 0 unspecified atom stereocenters. The third-order valence-electron chi connectivity index (χ3n) is 4.35. The number of ether oxygens (including phenoxy) is 2. The van der Waals surface area contributed by atoms with E-state index in [-0.39, 0.29) is 11.0 Å². The normalized spacial score (nSPS) is 10.5. The number of thiocarbonyl (C=S) groups is 1. The molecule has 3 aromatic carbocycles. The van der Waals surface area contributed by atoms with Crippen molar-refractivity contribution in [2.24, 2.45) is 5.92 Å². The predicted octanol–water partition coefficient (Wildman–Crippen LogP) is 6.19. The molecule has 0 saturated carbocycles. The Kier molecular flexibility index (Phi) is 8.64. The molecule has 1 amide bonds. The summed E-state index contributed by atoms with van der Waals surface area (Å²) in [7, 11) is 0. The molecular weight excluding hydrogens is 488 g/mol. The van der Waals surface area contributed by atoms with Gasteiger partial charge in [-0.1, -0.05) is 44.2 Å². The minimum Gasteiger partial charge on any atom is -0.492 e. The topological polar surface area (TPSA) is 59.6 Å². The van der Waals surface area contributed by atoms with Crippen molar-refractivity contribution in [3.63, 3.8) is 0 Å². The maximum Gasteiger partial charge on any atom is 0.257 e. The second-order valence-electron chi connectivity index (χ2n) is 7.56. The van der Waals surface area contributed by atoms with E-state index in [1.165, 1.54) is 0 Å². The summed E-state index contributed by atoms with van der Waals surface area (Å²) in [5.74, 6) is 1.56. The number of hydrogen-bond acceptors (Lipinski definition) is 4. The molecule has 0 saturated heterocycles. The lowest BCUT2D eigenvalue weighted by Crippen LogP contribution is -2.34. The fourth-order valence-electron chi connectivity index (χ4n) is 2.73. The number of carbonyl (C=O) groups excluding carboxylic acids is 1. The summed E-state index contributed by atoms with van der Waals surface area (Å²) >= 11 is 8.73. The molecule has 0 bridgehead atoms. The highest BCUT2D eigenvalue weighted by atomic mass is 79.9.